The van der Waals surface area contributed by atoms with E-state index in [2.05, 4.69) is 51.2 Å². The first-order valence-corrected chi connectivity index (χ1v) is 7.44. The fraction of sp³-hybridized carbons (Fsp3) is 0.286. The first-order valence-electron chi connectivity index (χ1n) is 6.50. The molecule has 104 valence electrons. The van der Waals surface area contributed by atoms with Crippen molar-refractivity contribution in [2.24, 2.45) is 0 Å². The van der Waals surface area contributed by atoms with Gasteiger partial charge < -0.3 is 10.2 Å². The number of thiophene rings is 1. The number of anilines is 1. The van der Waals surface area contributed by atoms with Gasteiger partial charge in [0.05, 0.1) is 11.9 Å². The molecule has 0 saturated carbocycles. The SMILES string of the molecule is CN(C)CCNc1ccc2ncc(-c3ccsc3)n2n1. The predicted octanol–water partition coefficient (Wildman–Crippen LogP) is 2.43. The van der Waals surface area contributed by atoms with Crippen LogP contribution in [0.5, 0.6) is 0 Å². The second kappa shape index (κ2) is 5.60. The molecule has 20 heavy (non-hydrogen) atoms. The summed E-state index contributed by atoms with van der Waals surface area (Å²) in [6.45, 7) is 1.84. The summed E-state index contributed by atoms with van der Waals surface area (Å²) < 4.78 is 1.89. The van der Waals surface area contributed by atoms with Gasteiger partial charge in [0.2, 0.25) is 0 Å². The maximum Gasteiger partial charge on any atom is 0.154 e. The molecule has 6 heteroatoms. The molecule has 0 bridgehead atoms. The Morgan fingerprint density at radius 2 is 2.20 bits per heavy atom. The average Bonchev–Trinajstić information content (AvgIpc) is 3.06. The van der Waals surface area contributed by atoms with Crippen LogP contribution in [0, 0.1) is 0 Å². The second-order valence-electron chi connectivity index (χ2n) is 4.87. The minimum absolute atomic E-state index is 0.865. The van der Waals surface area contributed by atoms with Gasteiger partial charge in [-0.15, -0.1) is 5.10 Å². The van der Waals surface area contributed by atoms with E-state index in [0.717, 1.165) is 35.8 Å². The van der Waals surface area contributed by atoms with Crippen LogP contribution in [-0.2, 0) is 0 Å². The first-order chi connectivity index (χ1) is 9.74. The Labute approximate surface area is 121 Å². The molecule has 1 N–H and O–H groups in total. The molecule has 3 heterocycles. The highest BCUT2D eigenvalue weighted by molar-refractivity contribution is 7.08. The molecule has 3 aromatic heterocycles. The van der Waals surface area contributed by atoms with Crippen molar-refractivity contribution in [1.82, 2.24) is 19.5 Å². The number of likely N-dealkylation sites (N-methyl/N-ethyl adjacent to an activating group) is 1. The van der Waals surface area contributed by atoms with Crippen molar-refractivity contribution in [2.75, 3.05) is 32.5 Å². The van der Waals surface area contributed by atoms with Crippen molar-refractivity contribution < 1.29 is 0 Å². The minimum atomic E-state index is 0.865. The molecule has 0 atom stereocenters. The quantitative estimate of drug-likeness (QED) is 0.783. The third-order valence-electron chi connectivity index (χ3n) is 3.04. The Kier molecular flexibility index (Phi) is 3.66. The summed E-state index contributed by atoms with van der Waals surface area (Å²) in [7, 11) is 4.12. The van der Waals surface area contributed by atoms with E-state index >= 15 is 0 Å². The van der Waals surface area contributed by atoms with Gasteiger partial charge in [-0.25, -0.2) is 9.50 Å². The van der Waals surface area contributed by atoms with Crippen molar-refractivity contribution in [3.05, 3.63) is 35.2 Å². The number of aromatic nitrogens is 3. The van der Waals surface area contributed by atoms with Gasteiger partial charge in [0, 0.05) is 24.0 Å². The van der Waals surface area contributed by atoms with Crippen LogP contribution >= 0.6 is 11.3 Å². The zero-order valence-corrected chi connectivity index (χ0v) is 12.4. The number of nitrogens with one attached hydrogen (secondary N) is 1. The van der Waals surface area contributed by atoms with Crippen molar-refractivity contribution in [3.63, 3.8) is 0 Å². The summed E-state index contributed by atoms with van der Waals surface area (Å²) in [5.74, 6) is 0.869. The number of fused-ring (bicyclic) bond motifs is 1. The first kappa shape index (κ1) is 13.1. The van der Waals surface area contributed by atoms with Crippen LogP contribution in [0.25, 0.3) is 16.9 Å². The molecule has 3 rings (SSSR count). The molecule has 0 radical (unpaired) electrons. The van der Waals surface area contributed by atoms with Gasteiger partial charge in [-0.05, 0) is 37.7 Å². The Bertz CT molecular complexity index is 687. The van der Waals surface area contributed by atoms with Crippen LogP contribution < -0.4 is 5.32 Å². The number of hydrogen-bond donors (Lipinski definition) is 1. The Morgan fingerprint density at radius 1 is 1.30 bits per heavy atom. The standard InChI is InChI=1S/C14H17N5S/c1-18(2)7-6-15-13-3-4-14-16-9-12(19(14)17-13)11-5-8-20-10-11/h3-5,8-10H,6-7H2,1-2H3,(H,15,17). The minimum Gasteiger partial charge on any atom is -0.367 e. The summed E-state index contributed by atoms with van der Waals surface area (Å²) in [6, 6.07) is 6.04. The molecule has 0 amide bonds. The molecular weight excluding hydrogens is 270 g/mol. The molecule has 3 aromatic rings. The normalized spacial score (nSPS) is 11.3. The van der Waals surface area contributed by atoms with Crippen LogP contribution in [0.4, 0.5) is 5.82 Å². The Morgan fingerprint density at radius 3 is 2.95 bits per heavy atom. The zero-order chi connectivity index (χ0) is 13.9. The summed E-state index contributed by atoms with van der Waals surface area (Å²) >= 11 is 1.68. The third kappa shape index (κ3) is 2.66. The van der Waals surface area contributed by atoms with Gasteiger partial charge >= 0.3 is 0 Å². The van der Waals surface area contributed by atoms with Crippen LogP contribution in [0.3, 0.4) is 0 Å². The van der Waals surface area contributed by atoms with Crippen LogP contribution in [-0.4, -0.2) is 46.7 Å². The highest BCUT2D eigenvalue weighted by Gasteiger charge is 2.08. The van der Waals surface area contributed by atoms with Gasteiger partial charge in [-0.3, -0.25) is 0 Å². The molecular formula is C14H17N5S. The van der Waals surface area contributed by atoms with E-state index in [1.165, 1.54) is 0 Å². The smallest absolute Gasteiger partial charge is 0.154 e. The van der Waals surface area contributed by atoms with Crippen molar-refractivity contribution in [2.45, 2.75) is 0 Å². The summed E-state index contributed by atoms with van der Waals surface area (Å²) in [6.07, 6.45) is 1.87. The number of nitrogens with zero attached hydrogens (tertiary/aromatic N) is 4. The van der Waals surface area contributed by atoms with Crippen LogP contribution in [0.2, 0.25) is 0 Å². The lowest BCUT2D eigenvalue weighted by molar-refractivity contribution is 0.425. The largest absolute Gasteiger partial charge is 0.367 e. The van der Waals surface area contributed by atoms with Crippen molar-refractivity contribution in [1.29, 1.82) is 0 Å². The molecule has 0 saturated heterocycles. The van der Waals surface area contributed by atoms with E-state index in [1.54, 1.807) is 11.3 Å². The maximum atomic E-state index is 4.62. The topological polar surface area (TPSA) is 45.5 Å². The lowest BCUT2D eigenvalue weighted by Gasteiger charge is -2.11. The predicted molar refractivity (Wildman–Crippen MR) is 83.3 cm³/mol. The molecule has 5 nitrogen and oxygen atoms in total. The Balaban J connectivity index is 1.87. The van der Waals surface area contributed by atoms with Crippen molar-refractivity contribution >= 4 is 22.8 Å². The number of imidazole rings is 1. The van der Waals surface area contributed by atoms with Crippen LogP contribution in [0.1, 0.15) is 0 Å². The lowest BCUT2D eigenvalue weighted by Crippen LogP contribution is -2.21. The van der Waals surface area contributed by atoms with Gasteiger partial charge in [0.1, 0.15) is 5.82 Å². The molecule has 0 aliphatic carbocycles. The molecule has 0 aliphatic heterocycles. The lowest BCUT2D eigenvalue weighted by atomic mass is 10.3. The maximum absolute atomic E-state index is 4.62. The van der Waals surface area contributed by atoms with E-state index < -0.39 is 0 Å². The molecule has 0 spiro atoms. The molecule has 0 aromatic carbocycles. The van der Waals surface area contributed by atoms with E-state index in [-0.39, 0.29) is 0 Å². The molecule has 0 fully saturated rings. The number of hydrogen-bond acceptors (Lipinski definition) is 5. The number of rotatable bonds is 5. The zero-order valence-electron chi connectivity index (χ0n) is 11.6. The highest BCUT2D eigenvalue weighted by Crippen LogP contribution is 2.22. The van der Waals surface area contributed by atoms with Crippen molar-refractivity contribution in [3.8, 4) is 11.3 Å². The fourth-order valence-electron chi connectivity index (χ4n) is 1.98. The average molecular weight is 287 g/mol. The summed E-state index contributed by atoms with van der Waals surface area (Å²) in [5, 5.41) is 12.1. The van der Waals surface area contributed by atoms with E-state index in [1.807, 2.05) is 22.8 Å². The molecule has 0 unspecified atom stereocenters. The monoisotopic (exact) mass is 287 g/mol. The van der Waals surface area contributed by atoms with Crippen LogP contribution in [0.15, 0.2) is 35.2 Å². The van der Waals surface area contributed by atoms with Gasteiger partial charge in [0.15, 0.2) is 5.65 Å². The fourth-order valence-corrected chi connectivity index (χ4v) is 2.63. The highest BCUT2D eigenvalue weighted by atomic mass is 32.1. The van der Waals surface area contributed by atoms with Gasteiger partial charge in [-0.2, -0.15) is 11.3 Å². The summed E-state index contributed by atoms with van der Waals surface area (Å²) in [5.41, 5.74) is 3.04. The van der Waals surface area contributed by atoms with Gasteiger partial charge in [-0.1, -0.05) is 0 Å². The third-order valence-corrected chi connectivity index (χ3v) is 3.73. The van der Waals surface area contributed by atoms with E-state index in [4.69, 9.17) is 0 Å². The van der Waals surface area contributed by atoms with E-state index in [0.29, 0.717) is 0 Å². The summed E-state index contributed by atoms with van der Waals surface area (Å²) in [4.78, 5) is 6.53. The molecule has 0 aliphatic rings. The Hall–Kier alpha value is -1.92. The van der Waals surface area contributed by atoms with E-state index in [9.17, 15) is 0 Å². The van der Waals surface area contributed by atoms with Gasteiger partial charge in [0.25, 0.3) is 0 Å². The second-order valence-corrected chi connectivity index (χ2v) is 5.65.